The van der Waals surface area contributed by atoms with Crippen LogP contribution in [-0.2, 0) is 11.3 Å². The molecule has 0 radical (unpaired) electrons. The van der Waals surface area contributed by atoms with Crippen LogP contribution in [0.2, 0.25) is 0 Å². The number of ether oxygens (including phenoxy) is 1. The van der Waals surface area contributed by atoms with Gasteiger partial charge in [0.05, 0.1) is 7.11 Å². The van der Waals surface area contributed by atoms with E-state index in [4.69, 9.17) is 4.74 Å². The van der Waals surface area contributed by atoms with Gasteiger partial charge in [-0.05, 0) is 29.8 Å². The lowest BCUT2D eigenvalue weighted by Gasteiger charge is -2.08. The molecule has 2 aromatic carbocycles. The highest BCUT2D eigenvalue weighted by molar-refractivity contribution is 6.04. The molecule has 0 aliphatic heterocycles. The fraction of sp³-hybridized carbons (Fsp3) is 0.176. The maximum atomic E-state index is 12.2. The summed E-state index contributed by atoms with van der Waals surface area (Å²) < 4.78 is 5.12. The lowest BCUT2D eigenvalue weighted by atomic mass is 10.1. The maximum Gasteiger partial charge on any atom is 0.255 e. The second kappa shape index (κ2) is 7.26. The number of nitrogens with one attached hydrogen (secondary N) is 2. The Morgan fingerprint density at radius 1 is 1.09 bits per heavy atom. The Kier molecular flexibility index (Phi) is 5.14. The Hall–Kier alpha value is -2.82. The maximum absolute atomic E-state index is 12.2. The number of methoxy groups -OCH3 is 1. The minimum Gasteiger partial charge on any atom is -0.497 e. The molecule has 0 fully saturated rings. The summed E-state index contributed by atoms with van der Waals surface area (Å²) in [6, 6.07) is 14.3. The number of rotatable bonds is 5. The lowest BCUT2D eigenvalue weighted by molar-refractivity contribution is -0.119. The summed E-state index contributed by atoms with van der Waals surface area (Å²) in [6.45, 7) is 1.92. The van der Waals surface area contributed by atoms with Crippen molar-refractivity contribution < 1.29 is 14.3 Å². The molecule has 0 spiro atoms. The third-order valence-corrected chi connectivity index (χ3v) is 3.09. The van der Waals surface area contributed by atoms with Gasteiger partial charge in [0.25, 0.3) is 5.91 Å². The first-order valence-corrected chi connectivity index (χ1v) is 6.87. The summed E-state index contributed by atoms with van der Waals surface area (Å²) >= 11 is 0. The van der Waals surface area contributed by atoms with Crippen molar-refractivity contribution in [1.29, 1.82) is 0 Å². The standard InChI is InChI=1S/C17H18N2O3/c1-12(20)18-11-13-6-8-14(9-7-13)17(21)19-15-4-3-5-16(10-15)22-2/h3-10H,11H2,1-2H3,(H,18,20)(H,19,21). The molecule has 0 atom stereocenters. The van der Waals surface area contributed by atoms with Gasteiger partial charge < -0.3 is 15.4 Å². The predicted molar refractivity (Wildman–Crippen MR) is 84.9 cm³/mol. The number of hydrogen-bond donors (Lipinski definition) is 2. The Labute approximate surface area is 129 Å². The molecule has 0 saturated heterocycles. The summed E-state index contributed by atoms with van der Waals surface area (Å²) in [6.07, 6.45) is 0. The van der Waals surface area contributed by atoms with Gasteiger partial charge in [-0.15, -0.1) is 0 Å². The van der Waals surface area contributed by atoms with Crippen molar-refractivity contribution in [3.05, 3.63) is 59.7 Å². The van der Waals surface area contributed by atoms with E-state index in [1.54, 1.807) is 31.4 Å². The molecule has 5 nitrogen and oxygen atoms in total. The van der Waals surface area contributed by atoms with E-state index >= 15 is 0 Å². The largest absolute Gasteiger partial charge is 0.497 e. The Morgan fingerprint density at radius 2 is 1.82 bits per heavy atom. The number of hydrogen-bond acceptors (Lipinski definition) is 3. The van der Waals surface area contributed by atoms with Crippen molar-refractivity contribution in [2.75, 3.05) is 12.4 Å². The minimum atomic E-state index is -0.195. The molecule has 114 valence electrons. The molecular weight excluding hydrogens is 280 g/mol. The van der Waals surface area contributed by atoms with Crippen molar-refractivity contribution in [1.82, 2.24) is 5.32 Å². The molecule has 0 aromatic heterocycles. The van der Waals surface area contributed by atoms with Crippen molar-refractivity contribution in [3.63, 3.8) is 0 Å². The summed E-state index contributed by atoms with van der Waals surface area (Å²) in [5.74, 6) is 0.405. The van der Waals surface area contributed by atoms with E-state index in [0.29, 0.717) is 23.5 Å². The summed E-state index contributed by atoms with van der Waals surface area (Å²) in [5, 5.41) is 5.52. The fourth-order valence-corrected chi connectivity index (χ4v) is 1.90. The topological polar surface area (TPSA) is 67.4 Å². The van der Waals surface area contributed by atoms with E-state index in [9.17, 15) is 9.59 Å². The van der Waals surface area contributed by atoms with Crippen LogP contribution in [0.5, 0.6) is 5.75 Å². The fourth-order valence-electron chi connectivity index (χ4n) is 1.90. The zero-order chi connectivity index (χ0) is 15.9. The van der Waals surface area contributed by atoms with E-state index in [2.05, 4.69) is 10.6 Å². The first-order chi connectivity index (χ1) is 10.6. The molecule has 0 aliphatic rings. The normalized spacial score (nSPS) is 9.91. The van der Waals surface area contributed by atoms with E-state index < -0.39 is 0 Å². The molecule has 2 N–H and O–H groups in total. The monoisotopic (exact) mass is 298 g/mol. The first-order valence-electron chi connectivity index (χ1n) is 6.87. The molecule has 2 aromatic rings. The molecule has 2 amide bonds. The van der Waals surface area contributed by atoms with E-state index in [-0.39, 0.29) is 11.8 Å². The van der Waals surface area contributed by atoms with Gasteiger partial charge in [-0.3, -0.25) is 9.59 Å². The Bertz CT molecular complexity index is 666. The van der Waals surface area contributed by atoms with Crippen LogP contribution in [0.15, 0.2) is 48.5 Å². The molecule has 0 unspecified atom stereocenters. The first kappa shape index (κ1) is 15.6. The molecule has 0 saturated carbocycles. The van der Waals surface area contributed by atoms with Crippen LogP contribution >= 0.6 is 0 Å². The lowest BCUT2D eigenvalue weighted by Crippen LogP contribution is -2.19. The third-order valence-electron chi connectivity index (χ3n) is 3.09. The van der Waals surface area contributed by atoms with E-state index in [1.165, 1.54) is 6.92 Å². The van der Waals surface area contributed by atoms with Gasteiger partial charge >= 0.3 is 0 Å². The number of carbonyl (C=O) groups is 2. The number of benzene rings is 2. The number of carbonyl (C=O) groups excluding carboxylic acids is 2. The molecule has 0 heterocycles. The van der Waals surface area contributed by atoms with Crippen LogP contribution < -0.4 is 15.4 Å². The van der Waals surface area contributed by atoms with Gasteiger partial charge in [-0.25, -0.2) is 0 Å². The van der Waals surface area contributed by atoms with E-state index in [1.807, 2.05) is 24.3 Å². The molecule has 22 heavy (non-hydrogen) atoms. The second-order valence-electron chi connectivity index (χ2n) is 4.79. The predicted octanol–water partition coefficient (Wildman–Crippen LogP) is 2.58. The van der Waals surface area contributed by atoms with Gasteiger partial charge in [-0.2, -0.15) is 0 Å². The summed E-state index contributed by atoms with van der Waals surface area (Å²) in [5.41, 5.74) is 2.16. The van der Waals surface area contributed by atoms with Crippen molar-refractivity contribution in [2.45, 2.75) is 13.5 Å². The average Bonchev–Trinajstić information content (AvgIpc) is 2.53. The van der Waals surface area contributed by atoms with Gasteiger partial charge in [-0.1, -0.05) is 18.2 Å². The molecule has 5 heteroatoms. The van der Waals surface area contributed by atoms with Crippen LogP contribution in [0.25, 0.3) is 0 Å². The van der Waals surface area contributed by atoms with Crippen LogP contribution in [0.3, 0.4) is 0 Å². The van der Waals surface area contributed by atoms with Gasteiger partial charge in [0, 0.05) is 30.8 Å². The van der Waals surface area contributed by atoms with Crippen molar-refractivity contribution >= 4 is 17.5 Å². The summed E-state index contributed by atoms with van der Waals surface area (Å²) in [7, 11) is 1.58. The quantitative estimate of drug-likeness (QED) is 0.891. The number of amides is 2. The molecule has 0 bridgehead atoms. The second-order valence-corrected chi connectivity index (χ2v) is 4.79. The number of anilines is 1. The minimum absolute atomic E-state index is 0.0835. The van der Waals surface area contributed by atoms with Crippen LogP contribution in [0.4, 0.5) is 5.69 Å². The smallest absolute Gasteiger partial charge is 0.255 e. The third kappa shape index (κ3) is 4.34. The Morgan fingerprint density at radius 3 is 2.45 bits per heavy atom. The molecule has 0 aliphatic carbocycles. The average molecular weight is 298 g/mol. The summed E-state index contributed by atoms with van der Waals surface area (Å²) in [4.78, 5) is 23.0. The molecular formula is C17H18N2O3. The molecule has 2 rings (SSSR count). The van der Waals surface area contributed by atoms with E-state index in [0.717, 1.165) is 5.56 Å². The van der Waals surface area contributed by atoms with Crippen molar-refractivity contribution in [2.24, 2.45) is 0 Å². The highest BCUT2D eigenvalue weighted by Crippen LogP contribution is 2.17. The van der Waals surface area contributed by atoms with Gasteiger partial charge in [0.15, 0.2) is 0 Å². The highest BCUT2D eigenvalue weighted by atomic mass is 16.5. The van der Waals surface area contributed by atoms with Crippen LogP contribution in [0, 0.1) is 0 Å². The van der Waals surface area contributed by atoms with Crippen molar-refractivity contribution in [3.8, 4) is 5.75 Å². The van der Waals surface area contributed by atoms with Crippen LogP contribution in [0.1, 0.15) is 22.8 Å². The highest BCUT2D eigenvalue weighted by Gasteiger charge is 2.06. The Balaban J connectivity index is 2.01. The van der Waals surface area contributed by atoms with Gasteiger partial charge in [0.1, 0.15) is 5.75 Å². The van der Waals surface area contributed by atoms with Crippen LogP contribution in [-0.4, -0.2) is 18.9 Å². The van der Waals surface area contributed by atoms with Gasteiger partial charge in [0.2, 0.25) is 5.91 Å². The zero-order valence-electron chi connectivity index (χ0n) is 12.6. The zero-order valence-corrected chi connectivity index (χ0v) is 12.6. The SMILES string of the molecule is COc1cccc(NC(=O)c2ccc(CNC(C)=O)cc2)c1.